The Hall–Kier alpha value is -3.73. The Balaban J connectivity index is 1.60. The molecule has 7 nitrogen and oxygen atoms in total. The van der Waals surface area contributed by atoms with Crippen molar-refractivity contribution >= 4 is 28.5 Å². The SMILES string of the molecule is Cc1cccc(F)c1N/C(=N/C#N)N1CCN(c2cnc3ccccc3n2)CC1C(C)C. The fourth-order valence-electron chi connectivity index (χ4n) is 4.06. The normalized spacial score (nSPS) is 17.0. The average Bonchev–Trinajstić information content (AvgIpc) is 2.80. The molecule has 2 heterocycles. The van der Waals surface area contributed by atoms with Gasteiger partial charge in [0, 0.05) is 19.6 Å². The molecule has 1 atom stereocenters. The van der Waals surface area contributed by atoms with E-state index < -0.39 is 0 Å². The largest absolute Gasteiger partial charge is 0.351 e. The van der Waals surface area contributed by atoms with Gasteiger partial charge in [-0.05, 0) is 36.6 Å². The first-order chi connectivity index (χ1) is 15.5. The minimum absolute atomic E-state index is 0.0451. The summed E-state index contributed by atoms with van der Waals surface area (Å²) in [7, 11) is 0. The van der Waals surface area contributed by atoms with Gasteiger partial charge in [0.05, 0.1) is 29.0 Å². The standard InChI is InChI=1S/C24H26FN7/c1-16(2)21-14-31(22-13-27-19-9-4-5-10-20(19)29-22)11-12-32(21)24(28-15-26)30-23-17(3)7-6-8-18(23)25/h4-10,13,16,21H,11-12,14H2,1-3H3,(H,28,30). The number of nitrogens with one attached hydrogen (secondary N) is 1. The number of guanidine groups is 1. The maximum atomic E-state index is 14.4. The highest BCUT2D eigenvalue weighted by molar-refractivity contribution is 5.95. The van der Waals surface area contributed by atoms with E-state index in [1.165, 1.54) is 6.07 Å². The number of piperazine rings is 1. The molecule has 1 N–H and O–H groups in total. The number of hydrogen-bond donors (Lipinski definition) is 1. The highest BCUT2D eigenvalue weighted by Gasteiger charge is 2.33. The summed E-state index contributed by atoms with van der Waals surface area (Å²) in [6.07, 6.45) is 3.68. The monoisotopic (exact) mass is 431 g/mol. The molecule has 8 heteroatoms. The molecule has 1 unspecified atom stereocenters. The van der Waals surface area contributed by atoms with E-state index in [-0.39, 0.29) is 17.8 Å². The molecule has 1 fully saturated rings. The summed E-state index contributed by atoms with van der Waals surface area (Å²) in [5, 5.41) is 12.4. The van der Waals surface area contributed by atoms with E-state index in [0.29, 0.717) is 31.3 Å². The quantitative estimate of drug-likeness (QED) is 0.381. The molecule has 0 aliphatic carbocycles. The van der Waals surface area contributed by atoms with Crippen molar-refractivity contribution in [1.82, 2.24) is 14.9 Å². The van der Waals surface area contributed by atoms with E-state index in [4.69, 9.17) is 4.98 Å². The summed E-state index contributed by atoms with van der Waals surface area (Å²) >= 11 is 0. The van der Waals surface area contributed by atoms with Gasteiger partial charge < -0.3 is 15.1 Å². The number of aliphatic imine (C=N–C) groups is 1. The molecule has 1 saturated heterocycles. The molecular formula is C24H26FN7. The summed E-state index contributed by atoms with van der Waals surface area (Å²) in [6, 6.07) is 12.7. The maximum absolute atomic E-state index is 14.4. The van der Waals surface area contributed by atoms with Crippen LogP contribution in [0.4, 0.5) is 15.9 Å². The Morgan fingerprint density at radius 1 is 1.19 bits per heavy atom. The van der Waals surface area contributed by atoms with Crippen LogP contribution in [-0.2, 0) is 0 Å². The first kappa shape index (κ1) is 21.5. The van der Waals surface area contributed by atoms with Crippen LogP contribution >= 0.6 is 0 Å². The van der Waals surface area contributed by atoms with Crippen molar-refractivity contribution in [1.29, 1.82) is 5.26 Å². The number of hydrogen-bond acceptors (Lipinski definition) is 5. The van der Waals surface area contributed by atoms with Gasteiger partial charge in [-0.2, -0.15) is 5.26 Å². The summed E-state index contributed by atoms with van der Waals surface area (Å²) in [5.41, 5.74) is 2.81. The van der Waals surface area contributed by atoms with Crippen molar-refractivity contribution in [3.63, 3.8) is 0 Å². The van der Waals surface area contributed by atoms with Gasteiger partial charge in [0.2, 0.25) is 12.2 Å². The van der Waals surface area contributed by atoms with Crippen molar-refractivity contribution in [3.8, 4) is 6.19 Å². The van der Waals surface area contributed by atoms with Crippen molar-refractivity contribution in [2.24, 2.45) is 10.9 Å². The smallest absolute Gasteiger partial charge is 0.214 e. The van der Waals surface area contributed by atoms with E-state index in [1.807, 2.05) is 43.4 Å². The summed E-state index contributed by atoms with van der Waals surface area (Å²) in [6.45, 7) is 8.06. The van der Waals surface area contributed by atoms with Gasteiger partial charge in [-0.15, -0.1) is 4.99 Å². The highest BCUT2D eigenvalue weighted by Crippen LogP contribution is 2.25. The molecule has 2 aromatic carbocycles. The third kappa shape index (κ3) is 4.33. The molecule has 3 aromatic rings. The number of para-hydroxylation sites is 3. The van der Waals surface area contributed by atoms with Crippen LogP contribution in [0, 0.1) is 30.1 Å². The number of anilines is 2. The number of nitrogens with zero attached hydrogens (tertiary/aromatic N) is 6. The lowest BCUT2D eigenvalue weighted by molar-refractivity contribution is 0.224. The number of nitriles is 1. The highest BCUT2D eigenvalue weighted by atomic mass is 19.1. The summed E-state index contributed by atoms with van der Waals surface area (Å²) in [4.78, 5) is 17.6. The summed E-state index contributed by atoms with van der Waals surface area (Å²) in [5.74, 6) is 1.08. The molecule has 1 aromatic heterocycles. The molecule has 1 aliphatic heterocycles. The number of rotatable bonds is 3. The molecule has 0 saturated carbocycles. The first-order valence-corrected chi connectivity index (χ1v) is 10.7. The molecule has 0 amide bonds. The van der Waals surface area contributed by atoms with Gasteiger partial charge in [-0.3, -0.25) is 4.98 Å². The average molecular weight is 432 g/mol. The predicted octanol–water partition coefficient (Wildman–Crippen LogP) is 4.17. The number of fused-ring (bicyclic) bond motifs is 1. The van der Waals surface area contributed by atoms with Gasteiger partial charge in [0.15, 0.2) is 0 Å². The van der Waals surface area contributed by atoms with E-state index >= 15 is 0 Å². The molecule has 4 rings (SSSR count). The number of benzene rings is 2. The molecule has 32 heavy (non-hydrogen) atoms. The van der Waals surface area contributed by atoms with Crippen LogP contribution < -0.4 is 10.2 Å². The Kier molecular flexibility index (Phi) is 6.17. The molecular weight excluding hydrogens is 405 g/mol. The molecule has 0 bridgehead atoms. The Morgan fingerprint density at radius 3 is 2.69 bits per heavy atom. The van der Waals surface area contributed by atoms with Gasteiger partial charge in [0.1, 0.15) is 11.6 Å². The lowest BCUT2D eigenvalue weighted by Crippen LogP contribution is -2.58. The Labute approximate surface area is 187 Å². The van der Waals surface area contributed by atoms with Crippen LogP contribution in [0.25, 0.3) is 11.0 Å². The zero-order chi connectivity index (χ0) is 22.7. The lowest BCUT2D eigenvalue weighted by atomic mass is 9.99. The van der Waals surface area contributed by atoms with Crippen molar-refractivity contribution in [2.75, 3.05) is 29.9 Å². The summed E-state index contributed by atoms with van der Waals surface area (Å²) < 4.78 is 14.4. The van der Waals surface area contributed by atoms with E-state index in [2.05, 4.69) is 38.9 Å². The third-order valence-electron chi connectivity index (χ3n) is 5.83. The van der Waals surface area contributed by atoms with Crippen molar-refractivity contribution in [2.45, 2.75) is 26.8 Å². The van der Waals surface area contributed by atoms with Crippen LogP contribution in [0.5, 0.6) is 0 Å². The second-order valence-electron chi connectivity index (χ2n) is 8.26. The maximum Gasteiger partial charge on any atom is 0.214 e. The first-order valence-electron chi connectivity index (χ1n) is 10.7. The van der Waals surface area contributed by atoms with Gasteiger partial charge in [-0.25, -0.2) is 9.37 Å². The molecule has 1 aliphatic rings. The minimum atomic E-state index is -0.373. The van der Waals surface area contributed by atoms with Gasteiger partial charge in [-0.1, -0.05) is 38.1 Å². The van der Waals surface area contributed by atoms with Crippen LogP contribution in [0.15, 0.2) is 53.7 Å². The number of aromatic nitrogens is 2. The fraction of sp³-hybridized carbons (Fsp3) is 0.333. The molecule has 164 valence electrons. The number of aryl methyl sites for hydroxylation is 1. The van der Waals surface area contributed by atoms with Crippen LogP contribution in [0.1, 0.15) is 19.4 Å². The van der Waals surface area contributed by atoms with E-state index in [9.17, 15) is 9.65 Å². The second kappa shape index (κ2) is 9.18. The zero-order valence-electron chi connectivity index (χ0n) is 18.5. The zero-order valence-corrected chi connectivity index (χ0v) is 18.5. The van der Waals surface area contributed by atoms with Crippen molar-refractivity contribution in [3.05, 3.63) is 60.0 Å². The molecule has 0 spiro atoms. The predicted molar refractivity (Wildman–Crippen MR) is 125 cm³/mol. The Morgan fingerprint density at radius 2 is 1.97 bits per heavy atom. The lowest BCUT2D eigenvalue weighted by Gasteiger charge is -2.45. The third-order valence-corrected chi connectivity index (χ3v) is 5.83. The van der Waals surface area contributed by atoms with Crippen LogP contribution in [0.2, 0.25) is 0 Å². The van der Waals surface area contributed by atoms with Crippen LogP contribution in [-0.4, -0.2) is 46.5 Å². The topological polar surface area (TPSA) is 80.4 Å². The van der Waals surface area contributed by atoms with Gasteiger partial charge in [0.25, 0.3) is 0 Å². The van der Waals surface area contributed by atoms with E-state index in [1.54, 1.807) is 12.3 Å². The van der Waals surface area contributed by atoms with Gasteiger partial charge >= 0.3 is 0 Å². The molecule has 0 radical (unpaired) electrons. The second-order valence-corrected chi connectivity index (χ2v) is 8.26. The number of halogens is 1. The van der Waals surface area contributed by atoms with E-state index in [0.717, 1.165) is 22.4 Å². The van der Waals surface area contributed by atoms with Crippen LogP contribution in [0.3, 0.4) is 0 Å². The van der Waals surface area contributed by atoms with Crippen molar-refractivity contribution < 1.29 is 4.39 Å². The Bertz CT molecular complexity index is 1160. The minimum Gasteiger partial charge on any atom is -0.351 e. The fourth-order valence-corrected chi connectivity index (χ4v) is 4.06.